The van der Waals surface area contributed by atoms with Crippen LogP contribution in [0.2, 0.25) is 10.0 Å². The number of carbonyl (C=O) groups is 1. The molecule has 2 N–H and O–H groups in total. The number of hydrogen-bond donors (Lipinski definition) is 2. The maximum atomic E-state index is 12.2. The van der Waals surface area contributed by atoms with E-state index in [1.54, 1.807) is 35.1 Å². The third-order valence-corrected chi connectivity index (χ3v) is 4.36. The van der Waals surface area contributed by atoms with Gasteiger partial charge in [-0.05, 0) is 37.2 Å². The third-order valence-electron chi connectivity index (χ3n) is 3.62. The fraction of sp³-hybridized carbons (Fsp3) is 0.250. The largest absolute Gasteiger partial charge is 0.347 e. The number of hydrogen-bond acceptors (Lipinski definition) is 3. The van der Waals surface area contributed by atoms with Gasteiger partial charge in [-0.25, -0.2) is 4.68 Å². The number of amides is 1. The van der Waals surface area contributed by atoms with Crippen LogP contribution in [-0.4, -0.2) is 35.3 Å². The number of carbonyl (C=O) groups excluding carboxylic acids is 1. The topological polar surface area (TPSA) is 59.0 Å². The first-order chi connectivity index (χ1) is 11.1. The molecule has 0 unspecified atom stereocenters. The fourth-order valence-electron chi connectivity index (χ4n) is 2.33. The minimum Gasteiger partial charge on any atom is -0.347 e. The van der Waals surface area contributed by atoms with Crippen molar-refractivity contribution >= 4 is 41.5 Å². The van der Waals surface area contributed by atoms with Crippen LogP contribution < -0.4 is 10.6 Å². The van der Waals surface area contributed by atoms with Crippen molar-refractivity contribution in [3.8, 4) is 5.69 Å². The van der Waals surface area contributed by atoms with Crippen LogP contribution in [0, 0.1) is 0 Å². The summed E-state index contributed by atoms with van der Waals surface area (Å²) < 4.78 is 1.60. The zero-order valence-corrected chi connectivity index (χ0v) is 15.1. The van der Waals surface area contributed by atoms with Crippen molar-refractivity contribution < 1.29 is 4.79 Å². The Morgan fingerprint density at radius 2 is 2.12 bits per heavy atom. The molecule has 1 amide bonds. The average molecular weight is 388 g/mol. The van der Waals surface area contributed by atoms with Gasteiger partial charge in [0.15, 0.2) is 5.69 Å². The zero-order valence-electron chi connectivity index (χ0n) is 12.8. The van der Waals surface area contributed by atoms with Gasteiger partial charge in [-0.15, -0.1) is 12.4 Å². The maximum absolute atomic E-state index is 12.2. The smallest absolute Gasteiger partial charge is 0.272 e. The summed E-state index contributed by atoms with van der Waals surface area (Å²) in [7, 11) is 0. The molecule has 0 aliphatic carbocycles. The second-order valence-corrected chi connectivity index (χ2v) is 6.06. The van der Waals surface area contributed by atoms with Crippen LogP contribution in [0.25, 0.3) is 5.69 Å². The number of benzene rings is 1. The van der Waals surface area contributed by atoms with E-state index in [4.69, 9.17) is 23.2 Å². The van der Waals surface area contributed by atoms with E-state index in [0.29, 0.717) is 22.3 Å². The third kappa shape index (κ3) is 4.51. The van der Waals surface area contributed by atoms with Crippen molar-refractivity contribution in [2.45, 2.75) is 6.42 Å². The highest BCUT2D eigenvalue weighted by atomic mass is 35.5. The number of rotatable bonds is 4. The van der Waals surface area contributed by atoms with Crippen LogP contribution in [0.4, 0.5) is 0 Å². The van der Waals surface area contributed by atoms with Crippen LogP contribution in [0.15, 0.2) is 42.1 Å². The van der Waals surface area contributed by atoms with Crippen molar-refractivity contribution in [1.82, 2.24) is 20.4 Å². The van der Waals surface area contributed by atoms with Gasteiger partial charge in [0.05, 0.1) is 15.7 Å². The van der Waals surface area contributed by atoms with Gasteiger partial charge in [0, 0.05) is 19.3 Å². The van der Waals surface area contributed by atoms with Crippen molar-refractivity contribution in [3.05, 3.63) is 57.9 Å². The van der Waals surface area contributed by atoms with Gasteiger partial charge in [0.1, 0.15) is 0 Å². The minimum atomic E-state index is -0.191. The first-order valence-corrected chi connectivity index (χ1v) is 8.07. The summed E-state index contributed by atoms with van der Waals surface area (Å²) in [5.41, 5.74) is 2.35. The molecule has 128 valence electrons. The first kappa shape index (κ1) is 18.8. The summed E-state index contributed by atoms with van der Waals surface area (Å²) >= 11 is 11.9. The number of nitrogens with one attached hydrogen (secondary N) is 2. The first-order valence-electron chi connectivity index (χ1n) is 7.31. The van der Waals surface area contributed by atoms with Crippen LogP contribution in [-0.2, 0) is 0 Å². The summed E-state index contributed by atoms with van der Waals surface area (Å²) in [5, 5.41) is 11.4. The summed E-state index contributed by atoms with van der Waals surface area (Å²) in [6.45, 7) is 2.37. The Hall–Kier alpha value is -1.53. The minimum absolute atomic E-state index is 0. The van der Waals surface area contributed by atoms with Crippen molar-refractivity contribution in [2.24, 2.45) is 0 Å². The van der Waals surface area contributed by atoms with Crippen LogP contribution in [0.1, 0.15) is 16.9 Å². The molecule has 24 heavy (non-hydrogen) atoms. The lowest BCUT2D eigenvalue weighted by atomic mass is 10.1. The molecule has 1 aromatic heterocycles. The second kappa shape index (κ2) is 8.53. The van der Waals surface area contributed by atoms with Crippen LogP contribution in [0.3, 0.4) is 0 Å². The Morgan fingerprint density at radius 3 is 2.83 bits per heavy atom. The molecule has 1 aliphatic rings. The molecule has 2 heterocycles. The fourth-order valence-corrected chi connectivity index (χ4v) is 2.62. The SMILES string of the molecule is Cl.O=C(NCC1=CCNCC1)c1ccn(-c2ccc(Cl)c(Cl)c2)n1. The zero-order chi connectivity index (χ0) is 16.2. The van der Waals surface area contributed by atoms with Crippen LogP contribution >= 0.6 is 35.6 Å². The summed E-state index contributed by atoms with van der Waals surface area (Å²) in [6.07, 6.45) is 4.79. The molecule has 0 radical (unpaired) electrons. The molecule has 0 spiro atoms. The maximum Gasteiger partial charge on any atom is 0.272 e. The highest BCUT2D eigenvalue weighted by Gasteiger charge is 2.12. The second-order valence-electron chi connectivity index (χ2n) is 5.24. The van der Waals surface area contributed by atoms with E-state index in [-0.39, 0.29) is 18.3 Å². The molecule has 1 aliphatic heterocycles. The van der Waals surface area contributed by atoms with Gasteiger partial charge >= 0.3 is 0 Å². The normalized spacial score (nSPS) is 13.8. The van der Waals surface area contributed by atoms with E-state index in [9.17, 15) is 4.79 Å². The van der Waals surface area contributed by atoms with E-state index < -0.39 is 0 Å². The van der Waals surface area contributed by atoms with E-state index in [2.05, 4.69) is 21.8 Å². The van der Waals surface area contributed by atoms with Gasteiger partial charge in [-0.1, -0.05) is 34.9 Å². The number of nitrogens with zero attached hydrogens (tertiary/aromatic N) is 2. The Balaban J connectivity index is 0.00000208. The van der Waals surface area contributed by atoms with Gasteiger partial charge in [-0.3, -0.25) is 4.79 Å². The Morgan fingerprint density at radius 1 is 1.29 bits per heavy atom. The Bertz CT molecular complexity index is 758. The number of halogens is 3. The molecule has 0 saturated heterocycles. The molecule has 5 nitrogen and oxygen atoms in total. The van der Waals surface area contributed by atoms with Gasteiger partial charge in [-0.2, -0.15) is 5.10 Å². The molecule has 0 saturated carbocycles. The van der Waals surface area contributed by atoms with Gasteiger partial charge < -0.3 is 10.6 Å². The molecule has 0 fully saturated rings. The summed E-state index contributed by atoms with van der Waals surface area (Å²) in [4.78, 5) is 12.2. The molecule has 0 atom stereocenters. The standard InChI is InChI=1S/C16H16Cl2N4O.ClH/c17-13-2-1-12(9-14(13)18)22-8-5-15(21-22)16(23)20-10-11-3-6-19-7-4-11;/h1-3,5,8-9,19H,4,6-7,10H2,(H,20,23);1H. The van der Waals surface area contributed by atoms with Crippen molar-refractivity contribution in [3.63, 3.8) is 0 Å². The molecule has 8 heteroatoms. The highest BCUT2D eigenvalue weighted by Crippen LogP contribution is 2.24. The Labute approximate surface area is 156 Å². The highest BCUT2D eigenvalue weighted by molar-refractivity contribution is 6.42. The quantitative estimate of drug-likeness (QED) is 0.792. The number of aromatic nitrogens is 2. The van der Waals surface area contributed by atoms with E-state index >= 15 is 0 Å². The van der Waals surface area contributed by atoms with E-state index in [1.165, 1.54) is 5.57 Å². The van der Waals surface area contributed by atoms with E-state index in [0.717, 1.165) is 25.2 Å². The molecular formula is C16H17Cl3N4O. The Kier molecular flexibility index (Phi) is 6.69. The van der Waals surface area contributed by atoms with Gasteiger partial charge in [0.25, 0.3) is 5.91 Å². The average Bonchev–Trinajstić information content (AvgIpc) is 3.06. The molecular weight excluding hydrogens is 371 g/mol. The van der Waals surface area contributed by atoms with Crippen molar-refractivity contribution in [2.75, 3.05) is 19.6 Å². The molecule has 1 aromatic carbocycles. The lowest BCUT2D eigenvalue weighted by Gasteiger charge is -2.14. The molecule has 3 rings (SSSR count). The predicted molar refractivity (Wildman–Crippen MR) is 98.7 cm³/mol. The monoisotopic (exact) mass is 386 g/mol. The predicted octanol–water partition coefficient (Wildman–Crippen LogP) is 3.25. The summed E-state index contributed by atoms with van der Waals surface area (Å²) in [6, 6.07) is 6.88. The molecule has 2 aromatic rings. The lowest BCUT2D eigenvalue weighted by molar-refractivity contribution is 0.0951. The van der Waals surface area contributed by atoms with Gasteiger partial charge in [0.2, 0.25) is 0 Å². The summed E-state index contributed by atoms with van der Waals surface area (Å²) in [5.74, 6) is -0.191. The van der Waals surface area contributed by atoms with E-state index in [1.807, 2.05) is 0 Å². The van der Waals surface area contributed by atoms with Crippen molar-refractivity contribution in [1.29, 1.82) is 0 Å². The van der Waals surface area contributed by atoms with Crippen LogP contribution in [0.5, 0.6) is 0 Å². The lowest BCUT2D eigenvalue weighted by Crippen LogP contribution is -2.29. The molecule has 0 bridgehead atoms.